The number of halogens is 2. The minimum atomic E-state index is -1.24. The zero-order valence-electron chi connectivity index (χ0n) is 27.8. The Morgan fingerprint density at radius 1 is 0.957 bits per heavy atom. The lowest BCUT2D eigenvalue weighted by atomic mass is 9.79. The Morgan fingerprint density at radius 3 is 2.21 bits per heavy atom. The second kappa shape index (κ2) is 16.6. The lowest BCUT2D eigenvalue weighted by Gasteiger charge is -2.37. The summed E-state index contributed by atoms with van der Waals surface area (Å²) < 4.78 is 33.6. The molecule has 1 aliphatic rings. The largest absolute Gasteiger partial charge is 0.497 e. The number of methoxy groups -OCH3 is 1. The third-order valence-electron chi connectivity index (χ3n) is 8.79. The summed E-state index contributed by atoms with van der Waals surface area (Å²) in [6.07, 6.45) is 1.27. The Hall–Kier alpha value is -4.11. The molecule has 0 radical (unpaired) electrons. The topological polar surface area (TPSA) is 87.2 Å². The number of likely N-dealkylation sites (tertiary alicyclic amines) is 1. The first-order chi connectivity index (χ1) is 22.5. The molecule has 4 rings (SSSR count). The Morgan fingerprint density at radius 2 is 1.60 bits per heavy atom. The van der Waals surface area contributed by atoms with Crippen LogP contribution in [0.3, 0.4) is 0 Å². The first-order valence-electron chi connectivity index (χ1n) is 16.5. The first-order valence-corrected chi connectivity index (χ1v) is 16.5. The zero-order chi connectivity index (χ0) is 34.1. The number of benzene rings is 3. The summed E-state index contributed by atoms with van der Waals surface area (Å²) in [5.41, 5.74) is 2.68. The number of carbonyl (C=O) groups is 3. The van der Waals surface area contributed by atoms with Gasteiger partial charge in [0.2, 0.25) is 5.91 Å². The number of ketones is 1. The summed E-state index contributed by atoms with van der Waals surface area (Å²) in [5, 5.41) is 11.8. The van der Waals surface area contributed by atoms with E-state index in [4.69, 9.17) is 4.74 Å². The van der Waals surface area contributed by atoms with E-state index in [0.717, 1.165) is 30.0 Å². The maximum absolute atomic E-state index is 14.2. The number of carbonyl (C=O) groups excluding carboxylic acids is 3. The normalized spacial score (nSPS) is 16.1. The average Bonchev–Trinajstić information content (AvgIpc) is 3.04. The van der Waals surface area contributed by atoms with Gasteiger partial charge in [-0.3, -0.25) is 14.4 Å². The van der Waals surface area contributed by atoms with Crippen LogP contribution in [0, 0.1) is 30.4 Å². The molecule has 0 spiro atoms. The number of piperidine rings is 1. The highest BCUT2D eigenvalue weighted by molar-refractivity contribution is 6.01. The van der Waals surface area contributed by atoms with Crippen molar-refractivity contribution in [2.45, 2.75) is 71.9 Å². The van der Waals surface area contributed by atoms with E-state index in [-0.39, 0.29) is 36.0 Å². The van der Waals surface area contributed by atoms with Crippen molar-refractivity contribution in [3.05, 3.63) is 100 Å². The van der Waals surface area contributed by atoms with Crippen molar-refractivity contribution in [1.29, 1.82) is 0 Å². The standard InChI is InChI=1S/C38H46F2N2O5/c1-5-13-41(14-6-2)37(45)30-17-25(3)16-28(21-30)35(43)22-29(18-27-19-31(39)23-32(40)20-27)36(44)34-8-7-15-42(38(34)46)24-26-9-11-33(47-4)12-10-26/h9-12,16-17,19-21,23,29,34,36,44H,5-8,13-15,18,22,24H2,1-4H3/t29?,34?,36-/m0/s1. The molecule has 47 heavy (non-hydrogen) atoms. The van der Waals surface area contributed by atoms with Gasteiger partial charge in [-0.2, -0.15) is 0 Å². The van der Waals surface area contributed by atoms with Gasteiger partial charge in [-0.05, 0) is 104 Å². The van der Waals surface area contributed by atoms with Crippen molar-refractivity contribution in [3.63, 3.8) is 0 Å². The fourth-order valence-corrected chi connectivity index (χ4v) is 6.53. The fourth-order valence-electron chi connectivity index (χ4n) is 6.53. The Bertz CT molecular complexity index is 1520. The van der Waals surface area contributed by atoms with Crippen molar-refractivity contribution in [2.24, 2.45) is 11.8 Å². The van der Waals surface area contributed by atoms with Gasteiger partial charge < -0.3 is 19.6 Å². The van der Waals surface area contributed by atoms with Gasteiger partial charge in [0.15, 0.2) is 5.78 Å². The summed E-state index contributed by atoms with van der Waals surface area (Å²) in [7, 11) is 1.58. The van der Waals surface area contributed by atoms with Crippen LogP contribution in [0.15, 0.2) is 60.7 Å². The number of amides is 2. The third-order valence-corrected chi connectivity index (χ3v) is 8.79. The molecular weight excluding hydrogens is 602 g/mol. The van der Waals surface area contributed by atoms with E-state index in [2.05, 4.69) is 0 Å². The second-order valence-corrected chi connectivity index (χ2v) is 12.6. The van der Waals surface area contributed by atoms with Crippen LogP contribution in [-0.4, -0.2) is 65.4 Å². The van der Waals surface area contributed by atoms with Gasteiger partial charge in [0.05, 0.1) is 19.1 Å². The van der Waals surface area contributed by atoms with E-state index in [1.807, 2.05) is 45.0 Å². The van der Waals surface area contributed by atoms with E-state index in [1.54, 1.807) is 35.1 Å². The molecule has 1 fully saturated rings. The highest BCUT2D eigenvalue weighted by Crippen LogP contribution is 2.31. The molecular formula is C38H46F2N2O5. The lowest BCUT2D eigenvalue weighted by Crippen LogP contribution is -2.47. The van der Waals surface area contributed by atoms with E-state index < -0.39 is 29.6 Å². The van der Waals surface area contributed by atoms with Crippen LogP contribution < -0.4 is 4.74 Å². The number of aryl methyl sites for hydroxylation is 1. The predicted molar refractivity (Wildman–Crippen MR) is 177 cm³/mol. The molecule has 9 heteroatoms. The van der Waals surface area contributed by atoms with E-state index in [1.165, 1.54) is 12.1 Å². The molecule has 3 atom stereocenters. The van der Waals surface area contributed by atoms with Crippen LogP contribution in [0.5, 0.6) is 5.75 Å². The monoisotopic (exact) mass is 648 g/mol. The van der Waals surface area contributed by atoms with Gasteiger partial charge in [0.1, 0.15) is 17.4 Å². The SMILES string of the molecule is CCCN(CCC)C(=O)c1cc(C)cc(C(=O)CC(Cc2cc(F)cc(F)c2)[C@H](O)C2CCCN(Cc3ccc(OC)cc3)C2=O)c1. The summed E-state index contributed by atoms with van der Waals surface area (Å²) >= 11 is 0. The number of hydrogen-bond donors (Lipinski definition) is 1. The van der Waals surface area contributed by atoms with Crippen LogP contribution in [0.4, 0.5) is 8.78 Å². The number of rotatable bonds is 15. The van der Waals surface area contributed by atoms with Crippen molar-refractivity contribution in [3.8, 4) is 5.75 Å². The zero-order valence-corrected chi connectivity index (χ0v) is 27.8. The highest BCUT2D eigenvalue weighted by Gasteiger charge is 2.38. The number of aliphatic hydroxyl groups excluding tert-OH is 1. The molecule has 0 aliphatic carbocycles. The highest BCUT2D eigenvalue weighted by atomic mass is 19.1. The number of Topliss-reactive ketones (excluding diaryl/α,β-unsaturated/α-hetero) is 1. The molecule has 2 unspecified atom stereocenters. The number of hydrogen-bond acceptors (Lipinski definition) is 5. The lowest BCUT2D eigenvalue weighted by molar-refractivity contribution is -0.145. The van der Waals surface area contributed by atoms with Crippen molar-refractivity contribution < 1.29 is 33.0 Å². The Labute approximate surface area is 276 Å². The molecule has 0 bridgehead atoms. The van der Waals surface area contributed by atoms with Crippen molar-refractivity contribution >= 4 is 17.6 Å². The molecule has 0 aromatic heterocycles. The summed E-state index contributed by atoms with van der Waals surface area (Å²) in [5.74, 6) is -3.11. The molecule has 252 valence electrons. The Kier molecular flexibility index (Phi) is 12.6. The second-order valence-electron chi connectivity index (χ2n) is 12.6. The van der Waals surface area contributed by atoms with Gasteiger partial charge in [-0.15, -0.1) is 0 Å². The number of ether oxygens (including phenoxy) is 1. The number of nitrogens with zero attached hydrogens (tertiary/aromatic N) is 2. The first kappa shape index (κ1) is 35.7. The van der Waals surface area contributed by atoms with Gasteiger partial charge >= 0.3 is 0 Å². The molecule has 0 saturated carbocycles. The fraction of sp³-hybridized carbons (Fsp3) is 0.447. The Balaban J connectivity index is 1.60. The third kappa shape index (κ3) is 9.47. The predicted octanol–water partition coefficient (Wildman–Crippen LogP) is 6.78. The molecule has 3 aromatic carbocycles. The summed E-state index contributed by atoms with van der Waals surface area (Å²) in [4.78, 5) is 44.5. The molecule has 3 aromatic rings. The molecule has 2 amide bonds. The summed E-state index contributed by atoms with van der Waals surface area (Å²) in [6, 6.07) is 15.6. The van der Waals surface area contributed by atoms with Crippen molar-refractivity contribution in [1.82, 2.24) is 9.80 Å². The van der Waals surface area contributed by atoms with E-state index in [9.17, 15) is 28.3 Å². The minimum Gasteiger partial charge on any atom is -0.497 e. The van der Waals surface area contributed by atoms with Crippen LogP contribution in [0.2, 0.25) is 0 Å². The van der Waals surface area contributed by atoms with E-state index in [0.29, 0.717) is 55.9 Å². The van der Waals surface area contributed by atoms with Crippen LogP contribution in [0.25, 0.3) is 0 Å². The van der Waals surface area contributed by atoms with E-state index >= 15 is 0 Å². The average molecular weight is 649 g/mol. The van der Waals surface area contributed by atoms with Gasteiger partial charge in [-0.1, -0.05) is 26.0 Å². The maximum atomic E-state index is 14.2. The smallest absolute Gasteiger partial charge is 0.253 e. The van der Waals surface area contributed by atoms with Crippen molar-refractivity contribution in [2.75, 3.05) is 26.7 Å². The van der Waals surface area contributed by atoms with Gasteiger partial charge in [0.25, 0.3) is 5.91 Å². The van der Waals surface area contributed by atoms with Gasteiger partial charge in [0, 0.05) is 49.8 Å². The minimum absolute atomic E-state index is 0.0117. The molecule has 7 nitrogen and oxygen atoms in total. The summed E-state index contributed by atoms with van der Waals surface area (Å²) in [6.45, 7) is 7.93. The van der Waals surface area contributed by atoms with Crippen LogP contribution >= 0.6 is 0 Å². The molecule has 1 saturated heterocycles. The maximum Gasteiger partial charge on any atom is 0.253 e. The molecule has 1 aliphatic heterocycles. The van der Waals surface area contributed by atoms with Crippen LogP contribution in [-0.2, 0) is 17.8 Å². The van der Waals surface area contributed by atoms with Crippen LogP contribution in [0.1, 0.15) is 83.4 Å². The molecule has 1 heterocycles. The quantitative estimate of drug-likeness (QED) is 0.184. The number of aliphatic hydroxyl groups is 1. The molecule has 1 N–H and O–H groups in total. The van der Waals surface area contributed by atoms with Gasteiger partial charge in [-0.25, -0.2) is 8.78 Å².